The van der Waals surface area contributed by atoms with E-state index in [1.165, 1.54) is 38.4 Å². The summed E-state index contributed by atoms with van der Waals surface area (Å²) in [6, 6.07) is 23.3. The van der Waals surface area contributed by atoms with Crippen molar-refractivity contribution in [3.05, 3.63) is 90.0 Å². The second-order valence-corrected chi connectivity index (χ2v) is 8.20. The van der Waals surface area contributed by atoms with Crippen LogP contribution in [0.2, 0.25) is 0 Å². The van der Waals surface area contributed by atoms with E-state index in [1.807, 2.05) is 54.6 Å². The third kappa shape index (κ3) is 4.89. The van der Waals surface area contributed by atoms with E-state index in [2.05, 4.69) is 0 Å². The van der Waals surface area contributed by atoms with Gasteiger partial charge in [-0.2, -0.15) is 0 Å². The molecule has 0 aliphatic carbocycles. The molecule has 0 saturated carbocycles. The Labute approximate surface area is 170 Å². The van der Waals surface area contributed by atoms with Crippen LogP contribution in [0.25, 0.3) is 11.1 Å². The average molecular weight is 411 g/mol. The predicted molar refractivity (Wildman–Crippen MR) is 109 cm³/mol. The third-order valence-electron chi connectivity index (χ3n) is 4.39. The van der Waals surface area contributed by atoms with E-state index < -0.39 is 16.0 Å². The molecule has 0 N–H and O–H groups in total. The number of carbonyl (C=O) groups is 1. The molecule has 3 aromatic carbocycles. The highest BCUT2D eigenvalue weighted by molar-refractivity contribution is 7.89. The van der Waals surface area contributed by atoms with Gasteiger partial charge in [-0.3, -0.25) is 4.84 Å². The van der Waals surface area contributed by atoms with E-state index in [1.54, 1.807) is 0 Å². The quantitative estimate of drug-likeness (QED) is 0.436. The fraction of sp³-hybridized carbons (Fsp3) is 0.136. The Bertz CT molecular complexity index is 1080. The van der Waals surface area contributed by atoms with Crippen molar-refractivity contribution in [2.24, 2.45) is 0 Å². The van der Waals surface area contributed by atoms with E-state index in [-0.39, 0.29) is 17.1 Å². The normalized spacial score (nSPS) is 11.4. The molecule has 3 aromatic rings. The van der Waals surface area contributed by atoms with Crippen LogP contribution in [0, 0.1) is 0 Å². The highest BCUT2D eigenvalue weighted by Gasteiger charge is 2.22. The van der Waals surface area contributed by atoms with E-state index in [0.717, 1.165) is 21.2 Å². The molecule has 0 atom stereocenters. The first-order valence-corrected chi connectivity index (χ1v) is 10.3. The van der Waals surface area contributed by atoms with Crippen molar-refractivity contribution in [2.75, 3.05) is 14.2 Å². The van der Waals surface area contributed by atoms with Crippen molar-refractivity contribution in [1.29, 1.82) is 0 Å². The highest BCUT2D eigenvalue weighted by atomic mass is 32.2. The van der Waals surface area contributed by atoms with Crippen molar-refractivity contribution in [1.82, 2.24) is 4.47 Å². The van der Waals surface area contributed by atoms with Crippen LogP contribution in [0.15, 0.2) is 83.8 Å². The Morgan fingerprint density at radius 1 is 0.897 bits per heavy atom. The molecule has 0 saturated heterocycles. The molecule has 7 heteroatoms. The molecular formula is C22H21NO5S. The van der Waals surface area contributed by atoms with Gasteiger partial charge in [-0.1, -0.05) is 65.1 Å². The average Bonchev–Trinajstić information content (AvgIpc) is 2.77. The van der Waals surface area contributed by atoms with Crippen molar-refractivity contribution in [2.45, 2.75) is 11.5 Å². The van der Waals surface area contributed by atoms with Crippen LogP contribution < -0.4 is 0 Å². The number of esters is 1. The summed E-state index contributed by atoms with van der Waals surface area (Å²) < 4.78 is 30.7. The number of benzene rings is 3. The monoisotopic (exact) mass is 411 g/mol. The van der Waals surface area contributed by atoms with Gasteiger partial charge < -0.3 is 4.74 Å². The smallest absolute Gasteiger partial charge is 0.338 e. The molecule has 150 valence electrons. The number of hydrogen-bond acceptors (Lipinski definition) is 5. The van der Waals surface area contributed by atoms with Crippen molar-refractivity contribution in [3.8, 4) is 11.1 Å². The highest BCUT2D eigenvalue weighted by Crippen LogP contribution is 2.20. The molecule has 0 aliphatic heterocycles. The second-order valence-electron chi connectivity index (χ2n) is 6.26. The number of hydroxylamine groups is 1. The zero-order chi connectivity index (χ0) is 20.9. The summed E-state index contributed by atoms with van der Waals surface area (Å²) in [5, 5.41) is 0. The summed E-state index contributed by atoms with van der Waals surface area (Å²) in [5.74, 6) is -0.603. The lowest BCUT2D eigenvalue weighted by Gasteiger charge is -2.14. The lowest BCUT2D eigenvalue weighted by molar-refractivity contribution is -0.0258. The summed E-state index contributed by atoms with van der Waals surface area (Å²) >= 11 is 0. The Balaban J connectivity index is 1.68. The van der Waals surface area contributed by atoms with E-state index >= 15 is 0 Å². The molecule has 0 fully saturated rings. The Kier molecular flexibility index (Phi) is 6.43. The Morgan fingerprint density at radius 2 is 1.55 bits per heavy atom. The maximum absolute atomic E-state index is 12.4. The zero-order valence-corrected chi connectivity index (χ0v) is 16.9. The summed E-state index contributed by atoms with van der Waals surface area (Å²) in [4.78, 5) is 17.1. The van der Waals surface area contributed by atoms with Crippen LogP contribution in [0.5, 0.6) is 0 Å². The van der Waals surface area contributed by atoms with Gasteiger partial charge in [0.2, 0.25) is 0 Å². The minimum absolute atomic E-state index is 0.0523. The van der Waals surface area contributed by atoms with Crippen molar-refractivity contribution >= 4 is 16.0 Å². The second kappa shape index (κ2) is 9.00. The first kappa shape index (κ1) is 20.7. The molecule has 0 spiro atoms. The van der Waals surface area contributed by atoms with Crippen LogP contribution in [0.4, 0.5) is 0 Å². The van der Waals surface area contributed by atoms with Gasteiger partial charge in [0.15, 0.2) is 0 Å². The molecule has 0 aliphatic rings. The predicted octanol–water partition coefficient (Wildman–Crippen LogP) is 3.89. The molecule has 0 unspecified atom stereocenters. The molecular weight excluding hydrogens is 390 g/mol. The topological polar surface area (TPSA) is 72.9 Å². The molecule has 0 amide bonds. The summed E-state index contributed by atoms with van der Waals surface area (Å²) in [5.41, 5.74) is 3.16. The summed E-state index contributed by atoms with van der Waals surface area (Å²) in [7, 11) is -1.31. The third-order valence-corrected chi connectivity index (χ3v) is 6.07. The maximum Gasteiger partial charge on any atom is 0.338 e. The van der Waals surface area contributed by atoms with Crippen LogP contribution in [-0.4, -0.2) is 33.0 Å². The number of nitrogens with zero attached hydrogens (tertiary/aromatic N) is 1. The molecule has 0 radical (unpaired) electrons. The van der Waals surface area contributed by atoms with Crippen molar-refractivity contribution in [3.63, 3.8) is 0 Å². The van der Waals surface area contributed by atoms with Gasteiger partial charge in [0.05, 0.1) is 17.6 Å². The fourth-order valence-corrected chi connectivity index (χ4v) is 3.71. The first-order chi connectivity index (χ1) is 13.9. The molecule has 3 rings (SSSR count). The molecule has 0 heterocycles. The summed E-state index contributed by atoms with van der Waals surface area (Å²) in [6.07, 6.45) is 0. The number of hydrogen-bond donors (Lipinski definition) is 0. The van der Waals surface area contributed by atoms with Gasteiger partial charge in [-0.25, -0.2) is 13.2 Å². The largest absolute Gasteiger partial charge is 0.457 e. The van der Waals surface area contributed by atoms with E-state index in [9.17, 15) is 13.2 Å². The van der Waals surface area contributed by atoms with Crippen molar-refractivity contribution < 1.29 is 22.8 Å². The SMILES string of the molecule is CON(C)S(=O)(=O)c1cccc(C(=O)OCc2ccc(-c3ccccc3)cc2)c1. The van der Waals surface area contributed by atoms with E-state index in [4.69, 9.17) is 9.57 Å². The minimum Gasteiger partial charge on any atom is -0.457 e. The number of ether oxygens (including phenoxy) is 1. The van der Waals surface area contributed by atoms with Gasteiger partial charge in [0.1, 0.15) is 6.61 Å². The lowest BCUT2D eigenvalue weighted by atomic mass is 10.0. The van der Waals surface area contributed by atoms with Gasteiger partial charge in [0, 0.05) is 7.05 Å². The number of rotatable bonds is 7. The fourth-order valence-electron chi connectivity index (χ4n) is 2.69. The molecule has 29 heavy (non-hydrogen) atoms. The Morgan fingerprint density at radius 3 is 2.21 bits per heavy atom. The molecule has 0 bridgehead atoms. The zero-order valence-electron chi connectivity index (χ0n) is 16.1. The standard InChI is InChI=1S/C22H21NO5S/c1-23(27-2)29(25,26)21-10-6-9-20(15-21)22(24)28-16-17-11-13-19(14-12-17)18-7-4-3-5-8-18/h3-15H,16H2,1-2H3. The van der Waals surface area contributed by atoms with Crippen LogP contribution in [0.3, 0.4) is 0 Å². The van der Waals surface area contributed by atoms with Gasteiger partial charge in [-0.15, -0.1) is 0 Å². The van der Waals surface area contributed by atoms with E-state index in [0.29, 0.717) is 0 Å². The molecule has 6 nitrogen and oxygen atoms in total. The van der Waals surface area contributed by atoms with Gasteiger partial charge in [-0.05, 0) is 34.9 Å². The molecule has 0 aromatic heterocycles. The Hall–Kier alpha value is -3.00. The summed E-state index contributed by atoms with van der Waals surface area (Å²) in [6.45, 7) is 0.0862. The van der Waals surface area contributed by atoms with Gasteiger partial charge >= 0.3 is 5.97 Å². The van der Waals surface area contributed by atoms with Crippen LogP contribution in [-0.2, 0) is 26.2 Å². The van der Waals surface area contributed by atoms with Crippen LogP contribution in [0.1, 0.15) is 15.9 Å². The number of carbonyl (C=O) groups excluding carboxylic acids is 1. The van der Waals surface area contributed by atoms with Crippen LogP contribution >= 0.6 is 0 Å². The first-order valence-electron chi connectivity index (χ1n) is 8.86. The lowest BCUT2D eigenvalue weighted by Crippen LogP contribution is -2.25. The minimum atomic E-state index is -3.84. The number of sulfonamides is 1. The van der Waals surface area contributed by atoms with Gasteiger partial charge in [0.25, 0.3) is 10.0 Å². The maximum atomic E-state index is 12.4.